The molecule has 0 saturated heterocycles. The fourth-order valence-corrected chi connectivity index (χ4v) is 7.91. The van der Waals surface area contributed by atoms with Crippen molar-refractivity contribution in [2.45, 2.75) is 0 Å². The third-order valence-electron chi connectivity index (χ3n) is 9.93. The Balaban J connectivity index is 1.24. The van der Waals surface area contributed by atoms with Crippen LogP contribution in [0.5, 0.6) is 0 Å². The van der Waals surface area contributed by atoms with Crippen LogP contribution in [0.1, 0.15) is 11.1 Å². The smallest absolute Gasteiger partial charge is 0.0992 e. The monoisotopic (exact) mass is 775 g/mol. The van der Waals surface area contributed by atoms with Crippen LogP contribution in [0.2, 0.25) is 0 Å². The summed E-state index contributed by atoms with van der Waals surface area (Å²) in [6.07, 6.45) is 0. The molecular weight excluding hydrogens is 745 g/mol. The van der Waals surface area contributed by atoms with Crippen LogP contribution in [-0.4, -0.2) is 3.72 Å². The van der Waals surface area contributed by atoms with Gasteiger partial charge in [-0.05, 0) is 150 Å². The van der Waals surface area contributed by atoms with Crippen LogP contribution in [0.4, 0.5) is 17.1 Å². The lowest BCUT2D eigenvalue weighted by Crippen LogP contribution is -2.10. The zero-order valence-electron chi connectivity index (χ0n) is 28.0. The van der Waals surface area contributed by atoms with Crippen molar-refractivity contribution in [1.82, 2.24) is 0 Å². The van der Waals surface area contributed by atoms with Crippen LogP contribution >= 0.6 is 22.6 Å². The first-order valence-electron chi connectivity index (χ1n) is 17.2. The molecule has 244 valence electrons. The number of para-hydroxylation sites is 1. The molecule has 0 radical (unpaired) electrons. The molecule has 8 aromatic rings. The maximum absolute atomic E-state index is 9.75. The van der Waals surface area contributed by atoms with Gasteiger partial charge in [0.25, 0.3) is 0 Å². The summed E-state index contributed by atoms with van der Waals surface area (Å²) in [4.78, 5) is 2.31. The van der Waals surface area contributed by atoms with Crippen LogP contribution < -0.4 is 4.90 Å². The standard InChI is InChI=1S/C48H30IN3/c49-48(51)35-14-7-12-33(25-35)37-26-36(32-11-6-10-31(24-32)30-50)28-40(29-37)52(38-15-2-1-3-16-38)39-17-8-13-34(27-39)41-22-23-46-43-19-5-4-18-42(43)45-21-9-20-44(41)47(45)46/h1-29,51H. The number of nitrogens with one attached hydrogen (secondary N) is 1. The number of anilines is 3. The first-order chi connectivity index (χ1) is 25.6. The molecule has 4 heteroatoms. The van der Waals surface area contributed by atoms with Crippen molar-refractivity contribution in [2.75, 3.05) is 4.90 Å². The number of nitrogens with zero attached hydrogens (tertiary/aromatic N) is 2. The first-order valence-corrected chi connectivity index (χ1v) is 18.3. The summed E-state index contributed by atoms with van der Waals surface area (Å²) in [6, 6.07) is 64.1. The molecule has 0 heterocycles. The molecule has 0 bridgehead atoms. The van der Waals surface area contributed by atoms with Crippen molar-refractivity contribution in [2.24, 2.45) is 0 Å². The number of nitriles is 1. The van der Waals surface area contributed by atoms with Crippen molar-refractivity contribution in [3.8, 4) is 61.7 Å². The van der Waals surface area contributed by atoms with Crippen molar-refractivity contribution >= 4 is 54.1 Å². The number of halogens is 1. The molecule has 0 saturated carbocycles. The summed E-state index contributed by atoms with van der Waals surface area (Å²) in [6.45, 7) is 0. The van der Waals surface area contributed by atoms with Gasteiger partial charge < -0.3 is 4.90 Å². The van der Waals surface area contributed by atoms with E-state index in [1.165, 1.54) is 38.6 Å². The molecular formula is C48H30IN3. The van der Waals surface area contributed by atoms with Crippen LogP contribution in [-0.2, 0) is 0 Å². The molecule has 0 atom stereocenters. The largest absolute Gasteiger partial charge is 0.310 e. The molecule has 0 fully saturated rings. The average molecular weight is 776 g/mol. The number of hydrogen-bond acceptors (Lipinski definition) is 3. The van der Waals surface area contributed by atoms with Gasteiger partial charge in [-0.25, -0.2) is 0 Å². The molecule has 0 amide bonds. The fourth-order valence-electron chi connectivity index (χ4n) is 7.57. The fraction of sp³-hybridized carbons (Fsp3) is 0. The van der Waals surface area contributed by atoms with E-state index in [0.29, 0.717) is 9.28 Å². The van der Waals surface area contributed by atoms with Crippen molar-refractivity contribution in [3.05, 3.63) is 187 Å². The second-order valence-electron chi connectivity index (χ2n) is 13.0. The molecule has 8 aromatic carbocycles. The average Bonchev–Trinajstić information content (AvgIpc) is 3.53. The minimum Gasteiger partial charge on any atom is -0.310 e. The summed E-state index contributed by atoms with van der Waals surface area (Å²) >= 11 is 2.07. The predicted octanol–water partition coefficient (Wildman–Crippen LogP) is 13.6. The minimum absolute atomic E-state index is 0.493. The van der Waals surface area contributed by atoms with E-state index in [1.807, 2.05) is 36.4 Å². The Hall–Kier alpha value is -6.29. The maximum Gasteiger partial charge on any atom is 0.0992 e. The molecule has 9 rings (SSSR count). The highest BCUT2D eigenvalue weighted by Crippen LogP contribution is 2.49. The second kappa shape index (κ2) is 13.1. The normalized spacial score (nSPS) is 11.2. The molecule has 1 aliphatic rings. The summed E-state index contributed by atoms with van der Waals surface area (Å²) in [5.74, 6) is 0. The van der Waals surface area contributed by atoms with E-state index >= 15 is 0 Å². The van der Waals surface area contributed by atoms with E-state index in [9.17, 15) is 5.26 Å². The Morgan fingerprint density at radius 1 is 0.462 bits per heavy atom. The summed E-state index contributed by atoms with van der Waals surface area (Å²) in [7, 11) is 0. The topological polar surface area (TPSA) is 50.9 Å². The molecule has 0 aromatic heterocycles. The van der Waals surface area contributed by atoms with Crippen molar-refractivity contribution < 1.29 is 0 Å². The van der Waals surface area contributed by atoms with Gasteiger partial charge in [0.2, 0.25) is 0 Å². The van der Waals surface area contributed by atoms with Crippen LogP contribution in [0.25, 0.3) is 66.4 Å². The van der Waals surface area contributed by atoms with Gasteiger partial charge in [0, 0.05) is 22.6 Å². The van der Waals surface area contributed by atoms with Crippen molar-refractivity contribution in [1.29, 1.82) is 10.7 Å². The Labute approximate surface area is 316 Å². The second-order valence-corrected chi connectivity index (χ2v) is 14.1. The highest BCUT2D eigenvalue weighted by Gasteiger charge is 2.23. The number of fused-ring (bicyclic) bond motifs is 3. The van der Waals surface area contributed by atoms with E-state index in [0.717, 1.165) is 50.4 Å². The zero-order chi connectivity index (χ0) is 35.2. The van der Waals surface area contributed by atoms with E-state index in [4.69, 9.17) is 5.41 Å². The van der Waals surface area contributed by atoms with Crippen LogP contribution in [0.3, 0.4) is 0 Å². The van der Waals surface area contributed by atoms with Gasteiger partial charge in [-0.15, -0.1) is 0 Å². The first kappa shape index (κ1) is 31.7. The van der Waals surface area contributed by atoms with Gasteiger partial charge in [0.1, 0.15) is 0 Å². The van der Waals surface area contributed by atoms with E-state index in [1.54, 1.807) is 0 Å². The number of hydrogen-bond donors (Lipinski definition) is 1. The lowest BCUT2D eigenvalue weighted by atomic mass is 9.93. The molecule has 1 N–H and O–H groups in total. The summed E-state index contributed by atoms with van der Waals surface area (Å²) in [5.41, 5.74) is 16.1. The highest BCUT2D eigenvalue weighted by molar-refractivity contribution is 14.1. The summed E-state index contributed by atoms with van der Waals surface area (Å²) in [5, 5.41) is 20.6. The lowest BCUT2D eigenvalue weighted by Gasteiger charge is -2.27. The van der Waals surface area contributed by atoms with Crippen LogP contribution in [0.15, 0.2) is 176 Å². The Morgan fingerprint density at radius 3 is 1.79 bits per heavy atom. The lowest BCUT2D eigenvalue weighted by molar-refractivity contribution is 1.28. The maximum atomic E-state index is 9.75. The molecule has 0 spiro atoms. The third-order valence-corrected chi connectivity index (χ3v) is 10.6. The number of benzene rings is 8. The van der Waals surface area contributed by atoms with Gasteiger partial charge in [0.15, 0.2) is 0 Å². The quantitative estimate of drug-likeness (QED) is 0.129. The third kappa shape index (κ3) is 5.56. The van der Waals surface area contributed by atoms with E-state index in [-0.39, 0.29) is 0 Å². The minimum atomic E-state index is 0.493. The highest BCUT2D eigenvalue weighted by atomic mass is 127. The SMILES string of the molecule is N#Cc1cccc(-c2cc(-c3cccc(C(=N)I)c3)cc(N(c3ccccc3)c3cccc(-c4ccc5c6c(cccc46)-c4ccccc4-5)c3)c2)c1. The van der Waals surface area contributed by atoms with Gasteiger partial charge >= 0.3 is 0 Å². The van der Waals surface area contributed by atoms with Crippen molar-refractivity contribution in [3.63, 3.8) is 0 Å². The van der Waals surface area contributed by atoms with Gasteiger partial charge in [-0.2, -0.15) is 5.26 Å². The zero-order valence-corrected chi connectivity index (χ0v) is 30.2. The van der Waals surface area contributed by atoms with E-state index < -0.39 is 0 Å². The molecule has 0 aliphatic heterocycles. The van der Waals surface area contributed by atoms with E-state index in [2.05, 4.69) is 173 Å². The Morgan fingerprint density at radius 2 is 1.04 bits per heavy atom. The summed E-state index contributed by atoms with van der Waals surface area (Å²) < 4.78 is 0.493. The van der Waals surface area contributed by atoms with Gasteiger partial charge in [-0.1, -0.05) is 115 Å². The molecule has 3 nitrogen and oxygen atoms in total. The Kier molecular flexibility index (Phi) is 7.99. The predicted molar refractivity (Wildman–Crippen MR) is 225 cm³/mol. The van der Waals surface area contributed by atoms with Gasteiger partial charge in [-0.3, -0.25) is 5.41 Å². The molecule has 52 heavy (non-hydrogen) atoms. The number of rotatable bonds is 7. The van der Waals surface area contributed by atoms with Gasteiger partial charge in [0.05, 0.1) is 15.4 Å². The Bertz CT molecular complexity index is 2710. The van der Waals surface area contributed by atoms with Crippen LogP contribution in [0, 0.1) is 16.7 Å². The molecule has 1 aliphatic carbocycles. The molecule has 0 unspecified atom stereocenters.